The molecule has 2 aliphatic heterocycles. The molecule has 0 aromatic heterocycles. The second-order valence-corrected chi connectivity index (χ2v) is 10.8. The summed E-state index contributed by atoms with van der Waals surface area (Å²) in [5.74, 6) is 1.54. The minimum Gasteiger partial charge on any atom is -0.493 e. The number of hydrogen-bond donors (Lipinski definition) is 1. The molecule has 0 unspecified atom stereocenters. The van der Waals surface area contributed by atoms with E-state index in [4.69, 9.17) is 14.5 Å². The lowest BCUT2D eigenvalue weighted by atomic mass is 9.80. The average molecular weight is 478 g/mol. The van der Waals surface area contributed by atoms with Crippen LogP contribution in [0, 0.1) is 0 Å². The highest BCUT2D eigenvalue weighted by atomic mass is 16.5. The van der Waals surface area contributed by atoms with E-state index < -0.39 is 0 Å². The fourth-order valence-electron chi connectivity index (χ4n) is 5.21. The van der Waals surface area contributed by atoms with Crippen LogP contribution in [-0.4, -0.2) is 60.9 Å². The molecule has 0 spiro atoms. The summed E-state index contributed by atoms with van der Waals surface area (Å²) in [4.78, 5) is 20.5. The van der Waals surface area contributed by atoms with Crippen LogP contribution >= 0.6 is 0 Å². The molecule has 0 aliphatic carbocycles. The van der Waals surface area contributed by atoms with Gasteiger partial charge in [0, 0.05) is 41.8 Å². The van der Waals surface area contributed by atoms with Gasteiger partial charge in [0.2, 0.25) is 0 Å². The number of methoxy groups -OCH3 is 1. The van der Waals surface area contributed by atoms with Crippen molar-refractivity contribution in [2.45, 2.75) is 65.5 Å². The minimum atomic E-state index is -0.310. The van der Waals surface area contributed by atoms with Gasteiger partial charge in [0.05, 0.1) is 18.4 Å². The van der Waals surface area contributed by atoms with Gasteiger partial charge < -0.3 is 19.7 Å². The monoisotopic (exact) mass is 477 g/mol. The van der Waals surface area contributed by atoms with Gasteiger partial charge in [0.1, 0.15) is 5.60 Å². The summed E-state index contributed by atoms with van der Waals surface area (Å²) >= 11 is 0. The molecule has 2 aromatic carbocycles. The number of likely N-dealkylation sites (N-methyl/N-ethyl adjacent to an activating group) is 1. The fraction of sp³-hybridized carbons (Fsp3) is 0.517. The topological polar surface area (TPSA) is 63.2 Å². The van der Waals surface area contributed by atoms with Crippen molar-refractivity contribution in [3.8, 4) is 11.5 Å². The van der Waals surface area contributed by atoms with Crippen LogP contribution in [0.15, 0.2) is 35.3 Å². The molecule has 6 nitrogen and oxygen atoms in total. The number of aliphatic imine (C=N–C) groups is 1. The maximum absolute atomic E-state index is 13.0. The highest BCUT2D eigenvalue weighted by Crippen LogP contribution is 2.47. The fourth-order valence-corrected chi connectivity index (χ4v) is 5.21. The normalized spacial score (nSPS) is 17.3. The summed E-state index contributed by atoms with van der Waals surface area (Å²) < 4.78 is 12.0. The van der Waals surface area contributed by atoms with Crippen molar-refractivity contribution in [1.82, 2.24) is 10.2 Å². The number of nitrogens with zero attached hydrogens (tertiary/aromatic N) is 2. The lowest BCUT2D eigenvalue weighted by Gasteiger charge is -2.31. The summed E-state index contributed by atoms with van der Waals surface area (Å²) in [6, 6.07) is 9.94. The zero-order valence-corrected chi connectivity index (χ0v) is 22.2. The summed E-state index contributed by atoms with van der Waals surface area (Å²) in [6.45, 7) is 16.2. The first-order chi connectivity index (χ1) is 16.6. The average Bonchev–Trinajstić information content (AvgIpc) is 3.14. The van der Waals surface area contributed by atoms with E-state index in [-0.39, 0.29) is 17.0 Å². The second-order valence-electron chi connectivity index (χ2n) is 10.8. The highest BCUT2D eigenvalue weighted by Gasteiger charge is 2.39. The Morgan fingerprint density at radius 2 is 1.89 bits per heavy atom. The first kappa shape index (κ1) is 25.2. The van der Waals surface area contributed by atoms with Gasteiger partial charge in [0.15, 0.2) is 11.5 Å². The Morgan fingerprint density at radius 1 is 1.14 bits per heavy atom. The molecule has 0 radical (unpaired) electrons. The molecule has 0 saturated carbocycles. The molecule has 6 heteroatoms. The standard InChI is InChI=1S/C29H39N3O3/c1-8-32(9-2)14-13-30-27(33)20-12-10-11-19(15-20)25-24-21(17-28(3,4)31-25)16-23(34-7)26-22(24)18-29(5,6)35-26/h10-12,15-16H,8-9,13-14,17-18H2,1-7H3,(H,30,33). The van der Waals surface area contributed by atoms with Gasteiger partial charge >= 0.3 is 0 Å². The molecule has 2 aromatic rings. The van der Waals surface area contributed by atoms with Gasteiger partial charge in [0.25, 0.3) is 5.91 Å². The third kappa shape index (κ3) is 5.22. The molecular formula is C29H39N3O3. The van der Waals surface area contributed by atoms with E-state index >= 15 is 0 Å². The maximum atomic E-state index is 13.0. The number of amides is 1. The van der Waals surface area contributed by atoms with Crippen molar-refractivity contribution in [2.75, 3.05) is 33.3 Å². The number of rotatable bonds is 8. The highest BCUT2D eigenvalue weighted by molar-refractivity contribution is 6.16. The Kier molecular flexibility index (Phi) is 6.96. The van der Waals surface area contributed by atoms with E-state index in [0.717, 1.165) is 66.4 Å². The van der Waals surface area contributed by atoms with Crippen LogP contribution in [0.3, 0.4) is 0 Å². The Balaban J connectivity index is 1.71. The third-order valence-electron chi connectivity index (χ3n) is 6.91. The van der Waals surface area contributed by atoms with E-state index in [0.29, 0.717) is 12.1 Å². The summed E-state index contributed by atoms with van der Waals surface area (Å²) in [5.41, 5.74) is 5.44. The van der Waals surface area contributed by atoms with Gasteiger partial charge in [-0.1, -0.05) is 26.0 Å². The zero-order chi connectivity index (χ0) is 25.4. The number of ether oxygens (including phenoxy) is 2. The number of fused-ring (bicyclic) bond motifs is 3. The number of nitrogens with one attached hydrogen (secondary N) is 1. The molecule has 0 saturated heterocycles. The molecule has 0 bridgehead atoms. The predicted molar refractivity (Wildman–Crippen MR) is 141 cm³/mol. The van der Waals surface area contributed by atoms with E-state index in [9.17, 15) is 4.79 Å². The van der Waals surface area contributed by atoms with Crippen LogP contribution in [0.25, 0.3) is 0 Å². The van der Waals surface area contributed by atoms with Crippen LogP contribution in [0.2, 0.25) is 0 Å². The zero-order valence-electron chi connectivity index (χ0n) is 22.2. The largest absolute Gasteiger partial charge is 0.493 e. The molecular weight excluding hydrogens is 438 g/mol. The molecule has 35 heavy (non-hydrogen) atoms. The Morgan fingerprint density at radius 3 is 2.57 bits per heavy atom. The number of benzene rings is 2. The Bertz CT molecular complexity index is 1150. The maximum Gasteiger partial charge on any atom is 0.251 e. The first-order valence-corrected chi connectivity index (χ1v) is 12.7. The van der Waals surface area contributed by atoms with Gasteiger partial charge in [-0.15, -0.1) is 0 Å². The van der Waals surface area contributed by atoms with Crippen LogP contribution in [-0.2, 0) is 12.8 Å². The van der Waals surface area contributed by atoms with Gasteiger partial charge in [-0.05, 0) is 71.0 Å². The minimum absolute atomic E-state index is 0.0562. The Labute approximate surface area is 209 Å². The van der Waals surface area contributed by atoms with E-state index in [1.807, 2.05) is 24.3 Å². The number of hydrogen-bond acceptors (Lipinski definition) is 5. The smallest absolute Gasteiger partial charge is 0.251 e. The van der Waals surface area contributed by atoms with Crippen molar-refractivity contribution in [2.24, 2.45) is 4.99 Å². The predicted octanol–water partition coefficient (Wildman–Crippen LogP) is 4.65. The van der Waals surface area contributed by atoms with Crippen molar-refractivity contribution >= 4 is 11.6 Å². The first-order valence-electron chi connectivity index (χ1n) is 12.7. The second kappa shape index (κ2) is 9.65. The van der Waals surface area contributed by atoms with E-state index in [2.05, 4.69) is 57.8 Å². The quantitative estimate of drug-likeness (QED) is 0.601. The summed E-state index contributed by atoms with van der Waals surface area (Å²) in [6.07, 6.45) is 1.61. The summed E-state index contributed by atoms with van der Waals surface area (Å²) in [7, 11) is 1.70. The van der Waals surface area contributed by atoms with E-state index in [1.54, 1.807) is 7.11 Å². The van der Waals surface area contributed by atoms with Crippen molar-refractivity contribution in [3.05, 3.63) is 58.1 Å². The van der Waals surface area contributed by atoms with Crippen molar-refractivity contribution < 1.29 is 14.3 Å². The number of carbonyl (C=O) groups is 1. The SMILES string of the molecule is CCN(CC)CCNC(=O)c1cccc(C2=NC(C)(C)Cc3cc(OC)c4c(c32)CC(C)(C)O4)c1. The molecule has 188 valence electrons. The van der Waals surface area contributed by atoms with Crippen molar-refractivity contribution in [1.29, 1.82) is 0 Å². The van der Waals surface area contributed by atoms with Crippen LogP contribution in [0.5, 0.6) is 11.5 Å². The molecule has 2 heterocycles. The van der Waals surface area contributed by atoms with E-state index in [1.165, 1.54) is 5.56 Å². The lowest BCUT2D eigenvalue weighted by molar-refractivity contribution is 0.0949. The molecule has 1 amide bonds. The molecule has 0 atom stereocenters. The van der Waals surface area contributed by atoms with Crippen LogP contribution in [0.4, 0.5) is 0 Å². The van der Waals surface area contributed by atoms with Crippen molar-refractivity contribution in [3.63, 3.8) is 0 Å². The van der Waals surface area contributed by atoms with Gasteiger partial charge in [-0.3, -0.25) is 9.79 Å². The summed E-state index contributed by atoms with van der Waals surface area (Å²) in [5, 5.41) is 3.07. The molecule has 1 N–H and O–H groups in total. The number of carbonyl (C=O) groups excluding carboxylic acids is 1. The molecule has 4 rings (SSSR count). The molecule has 0 fully saturated rings. The third-order valence-corrected chi connectivity index (χ3v) is 6.91. The van der Waals surface area contributed by atoms with Crippen LogP contribution < -0.4 is 14.8 Å². The van der Waals surface area contributed by atoms with Gasteiger partial charge in [-0.2, -0.15) is 0 Å². The lowest BCUT2D eigenvalue weighted by Crippen LogP contribution is -2.35. The van der Waals surface area contributed by atoms with Gasteiger partial charge in [-0.25, -0.2) is 0 Å². The molecule has 2 aliphatic rings. The Hall–Kier alpha value is -2.86. The van der Waals surface area contributed by atoms with Crippen LogP contribution in [0.1, 0.15) is 74.2 Å².